The predicted molar refractivity (Wildman–Crippen MR) is 93.9 cm³/mol. The Kier molecular flexibility index (Phi) is 6.25. The maximum absolute atomic E-state index is 10.6. The molecule has 0 atom stereocenters. The summed E-state index contributed by atoms with van der Waals surface area (Å²) in [6.45, 7) is -0.0936. The summed E-state index contributed by atoms with van der Waals surface area (Å²) < 4.78 is 11.2. The number of nitrogens with one attached hydrogen (secondary N) is 1. The van der Waals surface area contributed by atoms with Gasteiger partial charge < -0.3 is 9.47 Å². The zero-order chi connectivity index (χ0) is 18.2. The summed E-state index contributed by atoms with van der Waals surface area (Å²) in [5.74, 6) is 1.24. The molecule has 25 heavy (non-hydrogen) atoms. The van der Waals surface area contributed by atoms with Crippen LogP contribution in [-0.4, -0.2) is 29.8 Å². The van der Waals surface area contributed by atoms with Gasteiger partial charge in [-0.2, -0.15) is 10.4 Å². The Balaban J connectivity index is 2.12. The van der Waals surface area contributed by atoms with Crippen LogP contribution in [0.5, 0.6) is 11.5 Å². The number of aromatic nitrogens is 1. The number of pyridine rings is 1. The zero-order valence-corrected chi connectivity index (χ0v) is 14.6. The fraction of sp³-hybridized carbons (Fsp3) is 0.133. The smallest absolute Gasteiger partial charge is 0.287 e. The van der Waals surface area contributed by atoms with E-state index in [0.717, 1.165) is 6.20 Å². The third-order valence-electron chi connectivity index (χ3n) is 2.92. The number of nitriles is 1. The summed E-state index contributed by atoms with van der Waals surface area (Å²) in [5, 5.41) is 23.2. The average Bonchev–Trinajstić information content (AvgIpc) is 2.61. The van der Waals surface area contributed by atoms with Crippen molar-refractivity contribution in [1.29, 1.82) is 5.26 Å². The van der Waals surface area contributed by atoms with Crippen molar-refractivity contribution in [1.82, 2.24) is 4.98 Å². The zero-order valence-electron chi connectivity index (χ0n) is 13.0. The van der Waals surface area contributed by atoms with E-state index in [2.05, 4.69) is 31.4 Å². The van der Waals surface area contributed by atoms with Gasteiger partial charge in [0.05, 0.1) is 18.2 Å². The van der Waals surface area contributed by atoms with E-state index in [1.165, 1.54) is 25.5 Å². The first kappa shape index (κ1) is 18.2. The molecule has 0 saturated carbocycles. The van der Waals surface area contributed by atoms with E-state index >= 15 is 0 Å². The first-order valence-corrected chi connectivity index (χ1v) is 7.61. The van der Waals surface area contributed by atoms with Crippen LogP contribution in [0.15, 0.2) is 40.0 Å². The van der Waals surface area contributed by atoms with Crippen molar-refractivity contribution in [2.24, 2.45) is 5.10 Å². The highest BCUT2D eigenvalue weighted by Gasteiger charge is 2.09. The highest BCUT2D eigenvalue weighted by molar-refractivity contribution is 9.10. The van der Waals surface area contributed by atoms with Crippen molar-refractivity contribution in [2.45, 2.75) is 0 Å². The van der Waals surface area contributed by atoms with E-state index in [0.29, 0.717) is 27.4 Å². The van der Waals surface area contributed by atoms with Gasteiger partial charge in [0.25, 0.3) is 5.69 Å². The largest absolute Gasteiger partial charge is 0.493 e. The van der Waals surface area contributed by atoms with Crippen LogP contribution < -0.4 is 14.9 Å². The van der Waals surface area contributed by atoms with Gasteiger partial charge in [0.2, 0.25) is 0 Å². The van der Waals surface area contributed by atoms with Crippen LogP contribution in [0, 0.1) is 21.4 Å². The SMILES string of the molecule is COc1cc(C=NNc2ccc([N+](=O)[O-])cn2)c(Br)cc1OCC#N. The van der Waals surface area contributed by atoms with Gasteiger partial charge in [-0.1, -0.05) is 0 Å². The van der Waals surface area contributed by atoms with Crippen LogP contribution >= 0.6 is 15.9 Å². The van der Waals surface area contributed by atoms with Crippen molar-refractivity contribution in [3.8, 4) is 17.6 Å². The van der Waals surface area contributed by atoms with Crippen molar-refractivity contribution in [3.63, 3.8) is 0 Å². The molecule has 0 aliphatic heterocycles. The lowest BCUT2D eigenvalue weighted by atomic mass is 10.2. The van der Waals surface area contributed by atoms with E-state index in [1.54, 1.807) is 12.1 Å². The Hall–Kier alpha value is -3.19. The molecule has 0 bridgehead atoms. The van der Waals surface area contributed by atoms with Crippen molar-refractivity contribution < 1.29 is 14.4 Å². The van der Waals surface area contributed by atoms with Gasteiger partial charge >= 0.3 is 0 Å². The minimum atomic E-state index is -0.528. The Morgan fingerprint density at radius 3 is 2.88 bits per heavy atom. The lowest BCUT2D eigenvalue weighted by molar-refractivity contribution is -0.385. The monoisotopic (exact) mass is 405 g/mol. The molecule has 0 spiro atoms. The summed E-state index contributed by atoms with van der Waals surface area (Å²) in [6, 6.07) is 8.01. The van der Waals surface area contributed by atoms with Crippen LogP contribution in [0.1, 0.15) is 5.56 Å². The second-order valence-corrected chi connectivity index (χ2v) is 5.35. The summed E-state index contributed by atoms with van der Waals surface area (Å²) >= 11 is 3.39. The number of nitrogens with zero attached hydrogens (tertiary/aromatic N) is 4. The summed E-state index contributed by atoms with van der Waals surface area (Å²) in [4.78, 5) is 13.9. The molecule has 2 rings (SSSR count). The molecule has 1 N–H and O–H groups in total. The van der Waals surface area contributed by atoms with E-state index in [1.807, 2.05) is 6.07 Å². The average molecular weight is 406 g/mol. The van der Waals surface area contributed by atoms with Gasteiger partial charge in [-0.15, -0.1) is 0 Å². The Labute approximate surface area is 151 Å². The fourth-order valence-corrected chi connectivity index (χ4v) is 2.19. The summed E-state index contributed by atoms with van der Waals surface area (Å²) in [7, 11) is 1.49. The van der Waals surface area contributed by atoms with Gasteiger partial charge in [0.15, 0.2) is 18.1 Å². The molecule has 0 unspecified atom stereocenters. The molecule has 0 fully saturated rings. The molecule has 0 aliphatic rings. The number of nitro groups is 1. The molecule has 0 radical (unpaired) electrons. The van der Waals surface area contributed by atoms with Crippen LogP contribution in [0.2, 0.25) is 0 Å². The minimum absolute atomic E-state index is 0.0936. The van der Waals surface area contributed by atoms with Gasteiger partial charge in [-0.3, -0.25) is 15.5 Å². The maximum atomic E-state index is 10.6. The molecule has 1 aromatic carbocycles. The fourth-order valence-electron chi connectivity index (χ4n) is 1.76. The van der Waals surface area contributed by atoms with Gasteiger partial charge in [0, 0.05) is 16.1 Å². The number of ether oxygens (including phenoxy) is 2. The number of anilines is 1. The van der Waals surface area contributed by atoms with Gasteiger partial charge in [-0.05, 0) is 34.1 Å². The third-order valence-corrected chi connectivity index (χ3v) is 3.60. The molecular weight excluding hydrogens is 394 g/mol. The molecule has 128 valence electrons. The lowest BCUT2D eigenvalue weighted by Gasteiger charge is -2.10. The minimum Gasteiger partial charge on any atom is -0.493 e. The molecule has 0 amide bonds. The van der Waals surface area contributed by atoms with Crippen molar-refractivity contribution in [2.75, 3.05) is 19.1 Å². The summed E-state index contributed by atoms with van der Waals surface area (Å²) in [5.41, 5.74) is 3.26. The molecule has 0 saturated heterocycles. The number of hydrogen-bond acceptors (Lipinski definition) is 8. The number of methoxy groups -OCH3 is 1. The molecule has 0 aliphatic carbocycles. The Bertz CT molecular complexity index is 833. The predicted octanol–water partition coefficient (Wildman–Crippen LogP) is 3.11. The van der Waals surface area contributed by atoms with Crippen molar-refractivity contribution >= 4 is 33.6 Å². The quantitative estimate of drug-likeness (QED) is 0.426. The highest BCUT2D eigenvalue weighted by atomic mass is 79.9. The lowest BCUT2D eigenvalue weighted by Crippen LogP contribution is -1.99. The number of rotatable bonds is 7. The topological polar surface area (TPSA) is 123 Å². The number of hydrogen-bond donors (Lipinski definition) is 1. The molecule has 10 heteroatoms. The van der Waals surface area contributed by atoms with Crippen LogP contribution in [0.3, 0.4) is 0 Å². The highest BCUT2D eigenvalue weighted by Crippen LogP contribution is 2.32. The Morgan fingerprint density at radius 1 is 1.48 bits per heavy atom. The molecule has 1 heterocycles. The first-order valence-electron chi connectivity index (χ1n) is 6.82. The van der Waals surface area contributed by atoms with Crippen LogP contribution in [0.4, 0.5) is 11.5 Å². The molecule has 1 aromatic heterocycles. The number of halogens is 1. The Morgan fingerprint density at radius 2 is 2.28 bits per heavy atom. The van der Waals surface area contributed by atoms with Crippen LogP contribution in [-0.2, 0) is 0 Å². The van der Waals surface area contributed by atoms with E-state index < -0.39 is 4.92 Å². The van der Waals surface area contributed by atoms with E-state index in [4.69, 9.17) is 14.7 Å². The van der Waals surface area contributed by atoms with Crippen molar-refractivity contribution in [3.05, 3.63) is 50.6 Å². The maximum Gasteiger partial charge on any atom is 0.287 e. The number of benzene rings is 1. The third kappa shape index (κ3) is 4.89. The van der Waals surface area contributed by atoms with Crippen LogP contribution in [0.25, 0.3) is 0 Å². The van der Waals surface area contributed by atoms with E-state index in [9.17, 15) is 10.1 Å². The second-order valence-electron chi connectivity index (χ2n) is 4.50. The summed E-state index contributed by atoms with van der Waals surface area (Å²) in [6.07, 6.45) is 2.65. The molecule has 2 aromatic rings. The standard InChI is InChI=1S/C15H12BrN5O4/c1-24-13-6-10(12(16)7-14(13)25-5-4-17)8-19-20-15-3-2-11(9-18-15)21(22)23/h2-3,6-9H,5H2,1H3,(H,18,20). The second kappa shape index (κ2) is 8.60. The molecule has 9 nitrogen and oxygen atoms in total. The van der Waals surface area contributed by atoms with Gasteiger partial charge in [-0.25, -0.2) is 4.98 Å². The van der Waals surface area contributed by atoms with E-state index in [-0.39, 0.29) is 12.3 Å². The number of hydrazone groups is 1. The first-order chi connectivity index (χ1) is 12.0. The molecular formula is C15H12BrN5O4. The normalized spacial score (nSPS) is 10.3. The van der Waals surface area contributed by atoms with Gasteiger partial charge in [0.1, 0.15) is 18.1 Å².